The largest absolute Gasteiger partial charge is 0.371 e. The normalized spacial score (nSPS) is 15.1. The summed E-state index contributed by atoms with van der Waals surface area (Å²) >= 11 is 0. The second-order valence-corrected chi connectivity index (χ2v) is 6.78. The number of hydrogen-bond donors (Lipinski definition) is 1. The summed E-state index contributed by atoms with van der Waals surface area (Å²) in [7, 11) is 3.15. The SMILES string of the molecule is Cn1c(NCCCCN2CCN(c3ncccn3)CC2)cc(=O)n(C)c1=O. The topological polar surface area (TPSA) is 88.3 Å². The van der Waals surface area contributed by atoms with Gasteiger partial charge in [0, 0.05) is 65.3 Å². The highest BCUT2D eigenvalue weighted by molar-refractivity contribution is 5.33. The van der Waals surface area contributed by atoms with E-state index in [4.69, 9.17) is 0 Å². The lowest BCUT2D eigenvalue weighted by Gasteiger charge is -2.34. The summed E-state index contributed by atoms with van der Waals surface area (Å²) < 4.78 is 2.57. The van der Waals surface area contributed by atoms with Crippen molar-refractivity contribution in [3.8, 4) is 0 Å². The average molecular weight is 373 g/mol. The van der Waals surface area contributed by atoms with Gasteiger partial charge in [-0.2, -0.15) is 0 Å². The van der Waals surface area contributed by atoms with E-state index in [9.17, 15) is 9.59 Å². The van der Waals surface area contributed by atoms with Crippen molar-refractivity contribution in [3.63, 3.8) is 0 Å². The zero-order chi connectivity index (χ0) is 19.2. The fourth-order valence-electron chi connectivity index (χ4n) is 3.21. The highest BCUT2D eigenvalue weighted by Gasteiger charge is 2.18. The maximum atomic E-state index is 11.9. The highest BCUT2D eigenvalue weighted by atomic mass is 16.2. The van der Waals surface area contributed by atoms with Crippen molar-refractivity contribution in [3.05, 3.63) is 45.4 Å². The lowest BCUT2D eigenvalue weighted by Crippen LogP contribution is -2.47. The molecule has 0 unspecified atom stereocenters. The van der Waals surface area contributed by atoms with Crippen LogP contribution in [0, 0.1) is 0 Å². The molecule has 1 fully saturated rings. The lowest BCUT2D eigenvalue weighted by molar-refractivity contribution is 0.252. The Hall–Kier alpha value is -2.68. The lowest BCUT2D eigenvalue weighted by atomic mass is 10.2. The summed E-state index contributed by atoms with van der Waals surface area (Å²) in [6, 6.07) is 3.30. The number of nitrogens with zero attached hydrogens (tertiary/aromatic N) is 6. The summed E-state index contributed by atoms with van der Waals surface area (Å²) in [6.45, 7) is 5.68. The van der Waals surface area contributed by atoms with Gasteiger partial charge in [-0.3, -0.25) is 18.8 Å². The molecule has 9 heteroatoms. The maximum Gasteiger partial charge on any atom is 0.332 e. The van der Waals surface area contributed by atoms with E-state index in [1.807, 2.05) is 6.07 Å². The van der Waals surface area contributed by atoms with E-state index in [0.717, 1.165) is 62.6 Å². The molecule has 0 radical (unpaired) electrons. The van der Waals surface area contributed by atoms with Gasteiger partial charge in [0.05, 0.1) is 0 Å². The number of hydrogen-bond acceptors (Lipinski definition) is 7. The van der Waals surface area contributed by atoms with E-state index in [0.29, 0.717) is 5.82 Å². The van der Waals surface area contributed by atoms with Crippen molar-refractivity contribution in [2.24, 2.45) is 14.1 Å². The van der Waals surface area contributed by atoms with Gasteiger partial charge in [-0.25, -0.2) is 14.8 Å². The van der Waals surface area contributed by atoms with Crippen LogP contribution in [0.25, 0.3) is 0 Å². The molecule has 1 N–H and O–H groups in total. The zero-order valence-corrected chi connectivity index (χ0v) is 16.0. The molecule has 2 aromatic heterocycles. The molecule has 0 spiro atoms. The Labute approximate surface area is 158 Å². The van der Waals surface area contributed by atoms with Crippen LogP contribution < -0.4 is 21.5 Å². The van der Waals surface area contributed by atoms with E-state index < -0.39 is 0 Å². The average Bonchev–Trinajstić information content (AvgIpc) is 2.71. The standard InChI is InChI=1S/C18H27N7O2/c1-22-15(14-16(26)23(2)18(22)27)19-6-3-4-9-24-10-12-25(13-11-24)17-20-7-5-8-21-17/h5,7-8,14,19H,3-4,6,9-13H2,1-2H3. The predicted octanol–water partition coefficient (Wildman–Crippen LogP) is -0.112. The van der Waals surface area contributed by atoms with Crippen LogP contribution in [0.15, 0.2) is 34.1 Å². The van der Waals surface area contributed by atoms with Gasteiger partial charge >= 0.3 is 5.69 Å². The molecule has 0 saturated carbocycles. The molecule has 27 heavy (non-hydrogen) atoms. The summed E-state index contributed by atoms with van der Waals surface area (Å²) in [5, 5.41) is 3.19. The van der Waals surface area contributed by atoms with Gasteiger partial charge in [-0.1, -0.05) is 0 Å². The van der Waals surface area contributed by atoms with Crippen molar-refractivity contribution >= 4 is 11.8 Å². The monoisotopic (exact) mass is 373 g/mol. The van der Waals surface area contributed by atoms with Gasteiger partial charge in [0.2, 0.25) is 5.95 Å². The van der Waals surface area contributed by atoms with E-state index in [2.05, 4.69) is 25.1 Å². The number of anilines is 2. The molecule has 1 saturated heterocycles. The van der Waals surface area contributed by atoms with E-state index >= 15 is 0 Å². The number of nitrogens with one attached hydrogen (secondary N) is 1. The number of rotatable bonds is 7. The van der Waals surface area contributed by atoms with Crippen molar-refractivity contribution in [1.29, 1.82) is 0 Å². The molecule has 2 aromatic rings. The van der Waals surface area contributed by atoms with Crippen LogP contribution in [0.3, 0.4) is 0 Å². The smallest absolute Gasteiger partial charge is 0.332 e. The summed E-state index contributed by atoms with van der Waals surface area (Å²) in [4.78, 5) is 36.9. The van der Waals surface area contributed by atoms with Crippen LogP contribution in [0.4, 0.5) is 11.8 Å². The fraction of sp³-hybridized carbons (Fsp3) is 0.556. The summed E-state index contributed by atoms with van der Waals surface area (Å²) in [5.74, 6) is 1.38. The molecule has 3 rings (SSSR count). The van der Waals surface area contributed by atoms with E-state index in [-0.39, 0.29) is 11.2 Å². The molecule has 146 valence electrons. The number of piperazine rings is 1. The second-order valence-electron chi connectivity index (χ2n) is 6.78. The minimum atomic E-state index is -0.315. The Balaban J connectivity index is 1.37. The Kier molecular flexibility index (Phi) is 6.23. The first-order valence-electron chi connectivity index (χ1n) is 9.31. The molecular weight excluding hydrogens is 346 g/mol. The van der Waals surface area contributed by atoms with Crippen LogP contribution in [0.1, 0.15) is 12.8 Å². The Morgan fingerprint density at radius 2 is 1.70 bits per heavy atom. The predicted molar refractivity (Wildman–Crippen MR) is 105 cm³/mol. The number of unbranched alkanes of at least 4 members (excludes halogenated alkanes) is 1. The quantitative estimate of drug-likeness (QED) is 0.678. The van der Waals surface area contributed by atoms with Gasteiger partial charge in [-0.15, -0.1) is 0 Å². The third kappa shape index (κ3) is 4.73. The molecule has 1 aliphatic rings. The Morgan fingerprint density at radius 1 is 1.00 bits per heavy atom. The van der Waals surface area contributed by atoms with Gasteiger partial charge in [-0.05, 0) is 25.5 Å². The molecule has 0 aliphatic carbocycles. The second kappa shape index (κ2) is 8.81. The third-order valence-corrected chi connectivity index (χ3v) is 4.94. The minimum absolute atomic E-state index is 0.291. The first kappa shape index (κ1) is 19.1. The molecule has 0 bridgehead atoms. The molecule has 3 heterocycles. The van der Waals surface area contributed by atoms with E-state index in [1.165, 1.54) is 17.7 Å². The summed E-state index contributed by atoms with van der Waals surface area (Å²) in [6.07, 6.45) is 5.60. The van der Waals surface area contributed by atoms with Gasteiger partial charge in [0.15, 0.2) is 0 Å². The Bertz CT molecular complexity index is 854. The Morgan fingerprint density at radius 3 is 2.41 bits per heavy atom. The van der Waals surface area contributed by atoms with E-state index in [1.54, 1.807) is 19.4 Å². The summed E-state index contributed by atoms with van der Waals surface area (Å²) in [5.41, 5.74) is -0.605. The van der Waals surface area contributed by atoms with Crippen molar-refractivity contribution < 1.29 is 0 Å². The first-order chi connectivity index (χ1) is 13.1. The zero-order valence-electron chi connectivity index (χ0n) is 16.0. The van der Waals surface area contributed by atoms with Crippen LogP contribution in [0.2, 0.25) is 0 Å². The van der Waals surface area contributed by atoms with Crippen molar-refractivity contribution in [2.75, 3.05) is 49.5 Å². The van der Waals surface area contributed by atoms with Crippen LogP contribution in [-0.2, 0) is 14.1 Å². The molecule has 1 aliphatic heterocycles. The van der Waals surface area contributed by atoms with Crippen molar-refractivity contribution in [2.45, 2.75) is 12.8 Å². The maximum absolute atomic E-state index is 11.9. The van der Waals surface area contributed by atoms with Crippen molar-refractivity contribution in [1.82, 2.24) is 24.0 Å². The molecular formula is C18H27N7O2. The molecule has 9 nitrogen and oxygen atoms in total. The van der Waals surface area contributed by atoms with Crippen LogP contribution in [-0.4, -0.2) is 63.3 Å². The third-order valence-electron chi connectivity index (χ3n) is 4.94. The van der Waals surface area contributed by atoms with Gasteiger partial charge in [0.25, 0.3) is 5.56 Å². The molecule has 0 atom stereocenters. The van der Waals surface area contributed by atoms with Gasteiger partial charge in [0.1, 0.15) is 5.82 Å². The van der Waals surface area contributed by atoms with Crippen LogP contribution >= 0.6 is 0 Å². The minimum Gasteiger partial charge on any atom is -0.371 e. The molecule has 0 aromatic carbocycles. The highest BCUT2D eigenvalue weighted by Crippen LogP contribution is 2.10. The van der Waals surface area contributed by atoms with Crippen LogP contribution in [0.5, 0.6) is 0 Å². The number of aromatic nitrogens is 4. The fourth-order valence-corrected chi connectivity index (χ4v) is 3.21. The van der Waals surface area contributed by atoms with Gasteiger partial charge < -0.3 is 10.2 Å². The molecule has 0 amide bonds. The first-order valence-corrected chi connectivity index (χ1v) is 9.31.